The van der Waals surface area contributed by atoms with Crippen molar-refractivity contribution in [2.45, 2.75) is 120 Å². The van der Waals surface area contributed by atoms with Crippen molar-refractivity contribution in [2.24, 2.45) is 27.9 Å². The molecule has 0 fully saturated rings. The van der Waals surface area contributed by atoms with E-state index >= 15 is 0 Å². The fourth-order valence-electron chi connectivity index (χ4n) is 7.04. The van der Waals surface area contributed by atoms with Crippen molar-refractivity contribution in [3.63, 3.8) is 0 Å². The molecule has 0 aliphatic rings. The Morgan fingerprint density at radius 1 is 0.526 bits per heavy atom. The molecule has 0 aliphatic carbocycles. The van der Waals surface area contributed by atoms with Gasteiger partial charge in [0.15, 0.2) is 5.96 Å². The largest absolute Gasteiger partial charge is 0.480 e. The smallest absolute Gasteiger partial charge is 0.325 e. The molecule has 9 unspecified atom stereocenters. The molecular weight excluding hydrogens is 1020 g/mol. The molecule has 29 nitrogen and oxygen atoms in total. The molecule has 10 amide bonds. The average molecular weight is 1100 g/mol. The number of guanidine groups is 1. The lowest BCUT2D eigenvalue weighted by Crippen LogP contribution is -2.59. The lowest BCUT2D eigenvalue weighted by atomic mass is 10.0. The first-order valence-corrected chi connectivity index (χ1v) is 25.0. The number of hydrogen-bond donors (Lipinski definition) is 17. The number of carboxylic acids is 1. The highest BCUT2D eigenvalue weighted by molar-refractivity contribution is 5.98. The Bertz CT molecular complexity index is 2360. The summed E-state index contributed by atoms with van der Waals surface area (Å²) >= 11 is 0. The SMILES string of the molecule is CC(NC(=O)C(CO)NC(=O)C(CCCCN)NC(=O)C(CCCN=C(N)N)NC(=O)C(C)NC(=O)CNC(=O)C(NC(=O)C(Cc1ccccc1)NC(=O)CNC(=O)CNC(=O)C(N)Cc1ccccc1)C(C)O)C(=O)O. The number of carbonyl (C=O) groups excluding carboxylic acids is 10. The number of nitrogens with zero attached hydrogens (tertiary/aromatic N) is 1. The predicted octanol–water partition coefficient (Wildman–Crippen LogP) is -6.78. The lowest BCUT2D eigenvalue weighted by molar-refractivity contribution is -0.142. The Kier molecular flexibility index (Phi) is 29.6. The maximum Gasteiger partial charge on any atom is 0.325 e. The maximum atomic E-state index is 13.8. The fraction of sp³-hybridized carbons (Fsp3) is 0.510. The van der Waals surface area contributed by atoms with E-state index in [0.717, 1.165) is 5.56 Å². The number of aliphatic hydroxyl groups is 2. The van der Waals surface area contributed by atoms with Gasteiger partial charge in [0.2, 0.25) is 59.1 Å². The van der Waals surface area contributed by atoms with E-state index in [4.69, 9.17) is 28.0 Å². The molecule has 29 heteroatoms. The quantitative estimate of drug-likeness (QED) is 0.0173. The summed E-state index contributed by atoms with van der Waals surface area (Å²) < 4.78 is 0. The first kappa shape index (κ1) is 65.8. The van der Waals surface area contributed by atoms with E-state index in [0.29, 0.717) is 18.4 Å². The van der Waals surface area contributed by atoms with Crippen molar-refractivity contribution in [3.05, 3.63) is 71.8 Å². The number of hydrogen-bond acceptors (Lipinski definition) is 16. The van der Waals surface area contributed by atoms with Gasteiger partial charge in [-0.3, -0.25) is 57.7 Å². The minimum atomic E-state index is -1.69. The van der Waals surface area contributed by atoms with Gasteiger partial charge in [0.1, 0.15) is 42.3 Å². The monoisotopic (exact) mass is 1100 g/mol. The zero-order chi connectivity index (χ0) is 58.3. The number of carbonyl (C=O) groups is 11. The molecule has 78 heavy (non-hydrogen) atoms. The van der Waals surface area contributed by atoms with Crippen LogP contribution in [0.1, 0.15) is 64.0 Å². The number of aliphatic imine (C=N–C) groups is 1. The Morgan fingerprint density at radius 3 is 1.56 bits per heavy atom. The van der Waals surface area contributed by atoms with Gasteiger partial charge in [-0.1, -0.05) is 60.7 Å². The first-order chi connectivity index (χ1) is 36.9. The van der Waals surface area contributed by atoms with Crippen molar-refractivity contribution in [1.29, 1.82) is 0 Å². The second kappa shape index (κ2) is 35.1. The van der Waals surface area contributed by atoms with Gasteiger partial charge in [-0.05, 0) is 77.0 Å². The molecule has 0 aromatic heterocycles. The summed E-state index contributed by atoms with van der Waals surface area (Å²) in [4.78, 5) is 147. The van der Waals surface area contributed by atoms with Gasteiger partial charge in [0, 0.05) is 13.0 Å². The fourth-order valence-corrected chi connectivity index (χ4v) is 7.04. The van der Waals surface area contributed by atoms with E-state index in [2.05, 4.69) is 58.2 Å². The van der Waals surface area contributed by atoms with Gasteiger partial charge >= 0.3 is 5.97 Å². The molecule has 9 atom stereocenters. The summed E-state index contributed by atoms with van der Waals surface area (Å²) in [6.45, 7) is 1.01. The molecular formula is C49H75N15O14. The molecule has 2 aromatic carbocycles. The molecule has 0 aliphatic heterocycles. The number of amides is 10. The van der Waals surface area contributed by atoms with Crippen molar-refractivity contribution in [2.75, 3.05) is 39.3 Å². The average Bonchev–Trinajstić information content (AvgIpc) is 3.39. The van der Waals surface area contributed by atoms with Crippen LogP contribution in [0.25, 0.3) is 0 Å². The van der Waals surface area contributed by atoms with Crippen LogP contribution in [0.15, 0.2) is 65.7 Å². The van der Waals surface area contributed by atoms with Gasteiger partial charge in [0.05, 0.1) is 38.4 Å². The van der Waals surface area contributed by atoms with Gasteiger partial charge in [-0.15, -0.1) is 0 Å². The molecule has 430 valence electrons. The van der Waals surface area contributed by atoms with Crippen LogP contribution in [0.5, 0.6) is 0 Å². The summed E-state index contributed by atoms with van der Waals surface area (Å²) in [5.41, 5.74) is 23.8. The van der Waals surface area contributed by atoms with Crippen LogP contribution < -0.4 is 76.1 Å². The first-order valence-electron chi connectivity index (χ1n) is 25.0. The number of benzene rings is 2. The van der Waals surface area contributed by atoms with Crippen molar-refractivity contribution in [1.82, 2.24) is 53.2 Å². The number of nitrogens with one attached hydrogen (secondary N) is 10. The Hall–Kier alpha value is -8.28. The number of carboxylic acid groups (broad SMARTS) is 1. The second-order valence-electron chi connectivity index (χ2n) is 18.0. The van der Waals surface area contributed by atoms with Crippen LogP contribution in [0.4, 0.5) is 0 Å². The topological polar surface area (TPSA) is 485 Å². The summed E-state index contributed by atoms with van der Waals surface area (Å²) in [5, 5.41) is 53.2. The summed E-state index contributed by atoms with van der Waals surface area (Å²) in [7, 11) is 0. The molecule has 0 saturated carbocycles. The van der Waals surface area contributed by atoms with Crippen molar-refractivity contribution in [3.8, 4) is 0 Å². The van der Waals surface area contributed by atoms with Gasteiger partial charge in [0.25, 0.3) is 0 Å². The number of unbranched alkanes of at least 4 members (excludes halogenated alkanes) is 1. The molecule has 2 rings (SSSR count). The van der Waals surface area contributed by atoms with Crippen LogP contribution in [-0.2, 0) is 65.6 Å². The minimum absolute atomic E-state index is 0.0164. The van der Waals surface area contributed by atoms with Gasteiger partial charge in [-0.25, -0.2) is 0 Å². The Morgan fingerprint density at radius 2 is 1.01 bits per heavy atom. The van der Waals surface area contributed by atoms with Gasteiger partial charge < -0.3 is 91.4 Å². The third-order valence-corrected chi connectivity index (χ3v) is 11.4. The molecule has 21 N–H and O–H groups in total. The summed E-state index contributed by atoms with van der Waals surface area (Å²) in [6.07, 6.45) is -0.728. The number of nitrogens with two attached hydrogens (primary N) is 4. The van der Waals surface area contributed by atoms with E-state index in [1.165, 1.54) is 20.8 Å². The van der Waals surface area contributed by atoms with Crippen molar-refractivity contribution >= 4 is 71.0 Å². The third-order valence-electron chi connectivity index (χ3n) is 11.4. The zero-order valence-corrected chi connectivity index (χ0v) is 43.8. The molecule has 2 aromatic rings. The van der Waals surface area contributed by atoms with E-state index in [1.54, 1.807) is 54.6 Å². The standard InChI is InChI=1S/C49H75N15O14/c1-27(41(70)61-34(18-12-20-54-49(52)53)43(72)62-33(17-10-11-19-50)44(73)63-36(26-65)46(75)59-28(2)48(77)78)58-38(68)25-57-47(76)40(29(3)66)64-45(74)35(22-31-15-8-5-9-16-31)60-39(69)24-55-37(67)23-56-42(71)32(51)21-30-13-6-4-7-14-30/h4-9,13-16,27-29,32-36,40,65-66H,10-12,17-26,50-51H2,1-3H3,(H,55,67)(H,56,71)(H,57,76)(H,58,68)(H,59,75)(H,60,69)(H,61,70)(H,62,72)(H,63,73)(H,64,74)(H,77,78)(H4,52,53,54). The summed E-state index contributed by atoms with van der Waals surface area (Å²) in [5.74, 6) is -10.4. The molecule has 0 spiro atoms. The van der Waals surface area contributed by atoms with E-state index < -0.39 is 146 Å². The normalized spacial score (nSPS) is 14.2. The maximum absolute atomic E-state index is 13.8. The van der Waals surface area contributed by atoms with E-state index in [-0.39, 0.29) is 51.2 Å². The number of aliphatic hydroxyl groups excluding tert-OH is 2. The Labute approximate surface area is 450 Å². The third kappa shape index (κ3) is 25.5. The lowest BCUT2D eigenvalue weighted by Gasteiger charge is -2.26. The van der Waals surface area contributed by atoms with Crippen molar-refractivity contribution < 1.29 is 68.1 Å². The molecule has 0 saturated heterocycles. The summed E-state index contributed by atoms with van der Waals surface area (Å²) in [6, 6.07) is 6.33. The molecule has 0 radical (unpaired) electrons. The highest BCUT2D eigenvalue weighted by Crippen LogP contribution is 2.08. The van der Waals surface area contributed by atoms with Crippen LogP contribution in [0, 0.1) is 0 Å². The Balaban J connectivity index is 2.10. The zero-order valence-electron chi connectivity index (χ0n) is 43.8. The van der Waals surface area contributed by atoms with Crippen LogP contribution in [-0.4, -0.2) is 180 Å². The highest BCUT2D eigenvalue weighted by atomic mass is 16.4. The number of rotatable bonds is 35. The minimum Gasteiger partial charge on any atom is -0.480 e. The predicted molar refractivity (Wildman–Crippen MR) is 281 cm³/mol. The molecule has 0 bridgehead atoms. The van der Waals surface area contributed by atoms with Crippen LogP contribution >= 0.6 is 0 Å². The molecule has 0 heterocycles. The van der Waals surface area contributed by atoms with Crippen LogP contribution in [0.3, 0.4) is 0 Å². The van der Waals surface area contributed by atoms with E-state index in [1.807, 2.05) is 6.07 Å². The van der Waals surface area contributed by atoms with Gasteiger partial charge in [-0.2, -0.15) is 0 Å². The van der Waals surface area contributed by atoms with Crippen LogP contribution in [0.2, 0.25) is 0 Å². The number of aliphatic carboxylic acids is 1. The highest BCUT2D eigenvalue weighted by Gasteiger charge is 2.33. The van der Waals surface area contributed by atoms with E-state index in [9.17, 15) is 63.0 Å². The second-order valence-corrected chi connectivity index (χ2v) is 18.0.